The zero-order valence-corrected chi connectivity index (χ0v) is 19.2. The standard InChI is InChI=1S/C25H28N2O4S/c1-3-30-19-10-11-22(31-4-2)21(16-19)26-24(28)23-17-20(18-8-6-5-7-9-18)25(32-23)27-12-14-29-15-13-27/h5-11,16-17H,3-4,12-15H2,1-2H3,(H,26,28). The van der Waals surface area contributed by atoms with Crippen molar-refractivity contribution in [2.45, 2.75) is 13.8 Å². The van der Waals surface area contributed by atoms with E-state index < -0.39 is 0 Å². The van der Waals surface area contributed by atoms with Crippen molar-refractivity contribution in [1.29, 1.82) is 0 Å². The summed E-state index contributed by atoms with van der Waals surface area (Å²) >= 11 is 1.51. The van der Waals surface area contributed by atoms with Crippen molar-refractivity contribution in [2.75, 3.05) is 49.7 Å². The van der Waals surface area contributed by atoms with Gasteiger partial charge in [-0.15, -0.1) is 11.3 Å². The lowest BCUT2D eigenvalue weighted by molar-refractivity contribution is 0.103. The molecule has 1 fully saturated rings. The lowest BCUT2D eigenvalue weighted by Gasteiger charge is -2.28. The minimum absolute atomic E-state index is 0.165. The van der Waals surface area contributed by atoms with Crippen molar-refractivity contribution >= 4 is 27.9 Å². The van der Waals surface area contributed by atoms with Crippen LogP contribution in [0.1, 0.15) is 23.5 Å². The van der Waals surface area contributed by atoms with Gasteiger partial charge in [0.05, 0.1) is 42.0 Å². The fourth-order valence-electron chi connectivity index (χ4n) is 3.65. The van der Waals surface area contributed by atoms with Crippen molar-refractivity contribution in [2.24, 2.45) is 0 Å². The van der Waals surface area contributed by atoms with Crippen molar-refractivity contribution in [3.05, 3.63) is 59.5 Å². The van der Waals surface area contributed by atoms with E-state index in [1.165, 1.54) is 11.3 Å². The van der Waals surface area contributed by atoms with Crippen LogP contribution >= 0.6 is 11.3 Å². The molecule has 3 aromatic rings. The Labute approximate surface area is 192 Å². The molecular formula is C25H28N2O4S. The minimum Gasteiger partial charge on any atom is -0.494 e. The average Bonchev–Trinajstić information content (AvgIpc) is 3.28. The molecule has 7 heteroatoms. The molecule has 1 amide bonds. The van der Waals surface area contributed by atoms with Gasteiger partial charge < -0.3 is 24.4 Å². The van der Waals surface area contributed by atoms with Gasteiger partial charge in [0, 0.05) is 24.7 Å². The van der Waals surface area contributed by atoms with Gasteiger partial charge in [-0.2, -0.15) is 0 Å². The number of carbonyl (C=O) groups excluding carboxylic acids is 1. The molecule has 0 atom stereocenters. The number of ether oxygens (including phenoxy) is 3. The van der Waals surface area contributed by atoms with E-state index in [-0.39, 0.29) is 5.91 Å². The number of nitrogens with zero attached hydrogens (tertiary/aromatic N) is 1. The van der Waals surface area contributed by atoms with E-state index in [2.05, 4.69) is 22.3 Å². The summed E-state index contributed by atoms with van der Waals surface area (Å²) in [5, 5.41) is 4.12. The number of morpholine rings is 1. The van der Waals surface area contributed by atoms with E-state index in [0.717, 1.165) is 29.2 Å². The van der Waals surface area contributed by atoms with Crippen LogP contribution in [-0.4, -0.2) is 45.4 Å². The molecule has 6 nitrogen and oxygen atoms in total. The smallest absolute Gasteiger partial charge is 0.265 e. The Morgan fingerprint density at radius 3 is 2.50 bits per heavy atom. The highest BCUT2D eigenvalue weighted by atomic mass is 32.1. The first-order chi connectivity index (χ1) is 15.7. The van der Waals surface area contributed by atoms with Gasteiger partial charge in [0.15, 0.2) is 0 Å². The second-order valence-electron chi connectivity index (χ2n) is 7.27. The Morgan fingerprint density at radius 2 is 1.78 bits per heavy atom. The summed E-state index contributed by atoms with van der Waals surface area (Å²) < 4.78 is 16.8. The Morgan fingerprint density at radius 1 is 1.03 bits per heavy atom. The summed E-state index contributed by atoms with van der Waals surface area (Å²) in [7, 11) is 0. The van der Waals surface area contributed by atoms with E-state index in [4.69, 9.17) is 14.2 Å². The van der Waals surface area contributed by atoms with Crippen LogP contribution < -0.4 is 19.7 Å². The molecule has 1 aliphatic heterocycles. The zero-order chi connectivity index (χ0) is 22.3. The summed E-state index contributed by atoms with van der Waals surface area (Å²) in [6.07, 6.45) is 0. The monoisotopic (exact) mass is 452 g/mol. The molecule has 4 rings (SSSR count). The summed E-state index contributed by atoms with van der Waals surface area (Å²) in [6.45, 7) is 7.91. The van der Waals surface area contributed by atoms with Crippen molar-refractivity contribution in [3.8, 4) is 22.6 Å². The van der Waals surface area contributed by atoms with Gasteiger partial charge in [0.1, 0.15) is 11.5 Å². The van der Waals surface area contributed by atoms with Gasteiger partial charge >= 0.3 is 0 Å². The lowest BCUT2D eigenvalue weighted by atomic mass is 10.1. The second kappa shape index (κ2) is 10.5. The topological polar surface area (TPSA) is 60.0 Å². The molecule has 0 unspecified atom stereocenters. The normalized spacial score (nSPS) is 13.6. The van der Waals surface area contributed by atoms with Crippen LogP contribution in [0.25, 0.3) is 11.1 Å². The van der Waals surface area contributed by atoms with Crippen LogP contribution in [0.2, 0.25) is 0 Å². The largest absolute Gasteiger partial charge is 0.494 e. The molecule has 2 heterocycles. The van der Waals surface area contributed by atoms with Crippen molar-refractivity contribution in [3.63, 3.8) is 0 Å². The lowest BCUT2D eigenvalue weighted by Crippen LogP contribution is -2.35. The van der Waals surface area contributed by atoms with Gasteiger partial charge in [-0.3, -0.25) is 4.79 Å². The first kappa shape index (κ1) is 22.2. The molecule has 0 aliphatic carbocycles. The Kier molecular flexibility index (Phi) is 7.29. The third-order valence-corrected chi connectivity index (χ3v) is 6.32. The highest BCUT2D eigenvalue weighted by Crippen LogP contribution is 2.40. The van der Waals surface area contributed by atoms with Crippen molar-refractivity contribution < 1.29 is 19.0 Å². The van der Waals surface area contributed by atoms with E-state index in [1.807, 2.05) is 50.2 Å². The Bertz CT molecular complexity index is 1050. The van der Waals surface area contributed by atoms with Gasteiger partial charge in [0.2, 0.25) is 0 Å². The first-order valence-electron chi connectivity index (χ1n) is 10.9. The van der Waals surface area contributed by atoms with E-state index >= 15 is 0 Å². The summed E-state index contributed by atoms with van der Waals surface area (Å²) in [6, 6.07) is 17.6. The number of nitrogens with one attached hydrogen (secondary N) is 1. The number of thiophene rings is 1. The number of rotatable bonds is 8. The Hall–Kier alpha value is -3.03. The quantitative estimate of drug-likeness (QED) is 0.502. The number of hydrogen-bond donors (Lipinski definition) is 1. The maximum absolute atomic E-state index is 13.3. The number of benzene rings is 2. The molecule has 0 spiro atoms. The summed E-state index contributed by atoms with van der Waals surface area (Å²) in [5.74, 6) is 1.15. The van der Waals surface area contributed by atoms with Crippen LogP contribution in [0.5, 0.6) is 11.5 Å². The molecule has 0 saturated carbocycles. The summed E-state index contributed by atoms with van der Waals surface area (Å²) in [4.78, 5) is 16.2. The molecule has 32 heavy (non-hydrogen) atoms. The highest BCUT2D eigenvalue weighted by molar-refractivity contribution is 7.18. The Balaban J connectivity index is 1.65. The van der Waals surface area contributed by atoms with Crippen LogP contribution in [0.15, 0.2) is 54.6 Å². The van der Waals surface area contributed by atoms with Gasteiger partial charge in [-0.1, -0.05) is 30.3 Å². The predicted molar refractivity (Wildman–Crippen MR) is 130 cm³/mol. The number of anilines is 2. The SMILES string of the molecule is CCOc1ccc(OCC)c(NC(=O)c2cc(-c3ccccc3)c(N3CCOCC3)s2)c1. The van der Waals surface area contributed by atoms with E-state index in [0.29, 0.717) is 48.5 Å². The predicted octanol–water partition coefficient (Wildman–Crippen LogP) is 5.30. The second-order valence-corrected chi connectivity index (χ2v) is 8.30. The molecular weight excluding hydrogens is 424 g/mol. The minimum atomic E-state index is -0.165. The molecule has 1 aliphatic rings. The zero-order valence-electron chi connectivity index (χ0n) is 18.4. The van der Waals surface area contributed by atoms with Crippen LogP contribution in [0.3, 0.4) is 0 Å². The summed E-state index contributed by atoms with van der Waals surface area (Å²) in [5.41, 5.74) is 2.76. The molecule has 1 N–H and O–H groups in total. The van der Waals surface area contributed by atoms with Crippen molar-refractivity contribution in [1.82, 2.24) is 0 Å². The maximum atomic E-state index is 13.3. The fraction of sp³-hybridized carbons (Fsp3) is 0.320. The number of carbonyl (C=O) groups is 1. The third-order valence-electron chi connectivity index (χ3n) is 5.13. The average molecular weight is 453 g/mol. The first-order valence-corrected chi connectivity index (χ1v) is 11.7. The third kappa shape index (κ3) is 5.06. The number of hydrogen-bond acceptors (Lipinski definition) is 6. The van der Waals surface area contributed by atoms with Gasteiger partial charge in [-0.25, -0.2) is 0 Å². The highest BCUT2D eigenvalue weighted by Gasteiger charge is 2.22. The maximum Gasteiger partial charge on any atom is 0.265 e. The molecule has 168 valence electrons. The molecule has 1 aromatic heterocycles. The molecule has 0 bridgehead atoms. The van der Waals surface area contributed by atoms with Gasteiger partial charge in [-0.05, 0) is 37.6 Å². The van der Waals surface area contributed by atoms with E-state index in [9.17, 15) is 4.79 Å². The fourth-order valence-corrected chi connectivity index (χ4v) is 4.77. The molecule has 2 aromatic carbocycles. The van der Waals surface area contributed by atoms with Gasteiger partial charge in [0.25, 0.3) is 5.91 Å². The van der Waals surface area contributed by atoms with E-state index in [1.54, 1.807) is 6.07 Å². The number of amides is 1. The molecule has 0 radical (unpaired) electrons. The molecule has 1 saturated heterocycles. The van der Waals surface area contributed by atoms with Crippen LogP contribution in [0, 0.1) is 0 Å². The van der Waals surface area contributed by atoms with Crippen LogP contribution in [0.4, 0.5) is 10.7 Å². The van der Waals surface area contributed by atoms with Crippen LogP contribution in [-0.2, 0) is 4.74 Å².